The molecule has 1 saturated heterocycles. The van der Waals surface area contributed by atoms with Gasteiger partial charge in [0.25, 0.3) is 11.8 Å². The van der Waals surface area contributed by atoms with Crippen LogP contribution in [0.15, 0.2) is 48.5 Å². The summed E-state index contributed by atoms with van der Waals surface area (Å²) in [6.07, 6.45) is 0.0511. The molecule has 4 amide bonds. The van der Waals surface area contributed by atoms with Crippen LogP contribution in [0.2, 0.25) is 0 Å². The Morgan fingerprint density at radius 3 is 1.74 bits per heavy atom. The predicted octanol–water partition coefficient (Wildman–Crippen LogP) is 3.42. The van der Waals surface area contributed by atoms with Gasteiger partial charge in [0.05, 0.1) is 12.2 Å². The molecule has 0 bridgehead atoms. The van der Waals surface area contributed by atoms with E-state index in [1.165, 1.54) is 0 Å². The van der Waals surface area contributed by atoms with E-state index in [9.17, 15) is 14.4 Å². The highest BCUT2D eigenvalue weighted by Crippen LogP contribution is 2.15. The Bertz CT molecular complexity index is 993. The topological polar surface area (TPSA) is 91.0 Å². The highest BCUT2D eigenvalue weighted by molar-refractivity contribution is 5.94. The van der Waals surface area contributed by atoms with Crippen LogP contribution in [-0.2, 0) is 17.8 Å². The second-order valence-corrected chi connectivity index (χ2v) is 8.87. The Balaban J connectivity index is 1.44. The number of nitrogens with zero attached hydrogens (tertiary/aromatic N) is 2. The molecule has 188 valence electrons. The van der Waals surface area contributed by atoms with Crippen LogP contribution in [0.4, 0.5) is 4.79 Å². The molecular weight excluding hydrogens is 444 g/mol. The van der Waals surface area contributed by atoms with Gasteiger partial charge in [-0.3, -0.25) is 9.59 Å². The molecule has 1 aliphatic heterocycles. The van der Waals surface area contributed by atoms with Crippen molar-refractivity contribution in [3.05, 3.63) is 70.8 Å². The van der Waals surface area contributed by atoms with Gasteiger partial charge in [-0.25, -0.2) is 4.79 Å². The van der Waals surface area contributed by atoms with Crippen LogP contribution < -0.4 is 10.6 Å². The second kappa shape index (κ2) is 12.4. The largest absolute Gasteiger partial charge is 0.372 e. The molecule has 2 aromatic carbocycles. The lowest BCUT2D eigenvalue weighted by Gasteiger charge is -2.35. The number of hydrogen-bond acceptors (Lipinski definition) is 4. The third-order valence-corrected chi connectivity index (χ3v) is 6.07. The lowest BCUT2D eigenvalue weighted by molar-refractivity contribution is -0.0586. The van der Waals surface area contributed by atoms with Crippen LogP contribution in [0, 0.1) is 0 Å². The van der Waals surface area contributed by atoms with Crippen LogP contribution in [0.3, 0.4) is 0 Å². The molecule has 0 aromatic heterocycles. The molecule has 1 aliphatic rings. The fourth-order valence-corrected chi connectivity index (χ4v) is 4.18. The fourth-order valence-electron chi connectivity index (χ4n) is 4.18. The highest BCUT2D eigenvalue weighted by Gasteiger charge is 2.26. The van der Waals surface area contributed by atoms with Crippen molar-refractivity contribution in [1.29, 1.82) is 0 Å². The van der Waals surface area contributed by atoms with Gasteiger partial charge in [0.15, 0.2) is 0 Å². The average Bonchev–Trinajstić information content (AvgIpc) is 2.86. The average molecular weight is 481 g/mol. The molecule has 3 rings (SSSR count). The molecule has 2 unspecified atom stereocenters. The van der Waals surface area contributed by atoms with E-state index in [-0.39, 0.29) is 30.1 Å². The minimum atomic E-state index is -0.287. The minimum Gasteiger partial charge on any atom is -0.372 e. The van der Waals surface area contributed by atoms with Gasteiger partial charge < -0.3 is 25.2 Å². The van der Waals surface area contributed by atoms with Crippen LogP contribution in [0.5, 0.6) is 0 Å². The van der Waals surface area contributed by atoms with E-state index < -0.39 is 0 Å². The molecule has 0 aliphatic carbocycles. The Morgan fingerprint density at radius 1 is 0.829 bits per heavy atom. The summed E-state index contributed by atoms with van der Waals surface area (Å²) in [6, 6.07) is 14.3. The van der Waals surface area contributed by atoms with Crippen molar-refractivity contribution >= 4 is 17.8 Å². The van der Waals surface area contributed by atoms with E-state index in [4.69, 9.17) is 4.74 Å². The maximum atomic E-state index is 12.8. The number of carbonyl (C=O) groups excluding carboxylic acids is 3. The first-order chi connectivity index (χ1) is 16.8. The highest BCUT2D eigenvalue weighted by atomic mass is 16.5. The van der Waals surface area contributed by atoms with Gasteiger partial charge >= 0.3 is 6.03 Å². The van der Waals surface area contributed by atoms with Crippen molar-refractivity contribution in [2.45, 2.75) is 53.0 Å². The maximum absolute atomic E-state index is 12.8. The Hall–Kier alpha value is -3.39. The molecule has 8 nitrogen and oxygen atoms in total. The minimum absolute atomic E-state index is 0.00549. The zero-order chi connectivity index (χ0) is 25.4. The molecular formula is C27H36N4O4. The molecule has 8 heteroatoms. The smallest absolute Gasteiger partial charge is 0.315 e. The Morgan fingerprint density at radius 2 is 1.29 bits per heavy atom. The molecule has 0 radical (unpaired) electrons. The van der Waals surface area contributed by atoms with Crippen molar-refractivity contribution in [3.8, 4) is 0 Å². The van der Waals surface area contributed by atoms with Gasteiger partial charge in [0.2, 0.25) is 0 Å². The number of hydrogen-bond donors (Lipinski definition) is 2. The molecule has 2 atom stereocenters. The summed E-state index contributed by atoms with van der Waals surface area (Å²) in [4.78, 5) is 41.0. The number of benzene rings is 2. The van der Waals surface area contributed by atoms with Gasteiger partial charge in [-0.2, -0.15) is 0 Å². The lowest BCUT2D eigenvalue weighted by Crippen LogP contribution is -2.48. The van der Waals surface area contributed by atoms with Crippen LogP contribution in [-0.4, -0.2) is 66.0 Å². The van der Waals surface area contributed by atoms with E-state index in [1.54, 1.807) is 29.2 Å². The van der Waals surface area contributed by atoms with Crippen molar-refractivity contribution in [2.24, 2.45) is 0 Å². The van der Waals surface area contributed by atoms with Crippen LogP contribution >= 0.6 is 0 Å². The third kappa shape index (κ3) is 7.29. The normalized spacial score (nSPS) is 17.5. The number of nitrogens with one attached hydrogen (secondary N) is 2. The molecule has 2 N–H and O–H groups in total. The summed E-state index contributed by atoms with van der Waals surface area (Å²) in [7, 11) is 0. The van der Waals surface area contributed by atoms with Gasteiger partial charge in [0, 0.05) is 50.4 Å². The van der Waals surface area contributed by atoms with Gasteiger partial charge in [-0.15, -0.1) is 0 Å². The fraction of sp³-hybridized carbons (Fsp3) is 0.444. The summed E-state index contributed by atoms with van der Waals surface area (Å²) in [5.74, 6) is 0.00287. The first-order valence-electron chi connectivity index (χ1n) is 12.2. The first kappa shape index (κ1) is 26.2. The van der Waals surface area contributed by atoms with E-state index in [0.717, 1.165) is 11.1 Å². The predicted molar refractivity (Wildman–Crippen MR) is 135 cm³/mol. The van der Waals surface area contributed by atoms with E-state index in [0.29, 0.717) is 50.4 Å². The zero-order valence-corrected chi connectivity index (χ0v) is 21.0. The molecule has 35 heavy (non-hydrogen) atoms. The van der Waals surface area contributed by atoms with E-state index in [2.05, 4.69) is 10.6 Å². The first-order valence-corrected chi connectivity index (χ1v) is 12.2. The SMILES string of the molecule is CCN(CC)C(=O)c1ccc(CNC(=O)NCc2ccc(C(=O)N3CC(C)OC(C)C3)cc2)cc1. The summed E-state index contributed by atoms with van der Waals surface area (Å²) in [5.41, 5.74) is 3.08. The van der Waals surface area contributed by atoms with Crippen molar-refractivity contribution < 1.29 is 19.1 Å². The summed E-state index contributed by atoms with van der Waals surface area (Å²) in [6.45, 7) is 11.1. The zero-order valence-electron chi connectivity index (χ0n) is 21.0. The van der Waals surface area contributed by atoms with E-state index in [1.807, 2.05) is 56.9 Å². The second-order valence-electron chi connectivity index (χ2n) is 8.87. The van der Waals surface area contributed by atoms with Crippen molar-refractivity contribution in [3.63, 3.8) is 0 Å². The molecule has 0 spiro atoms. The monoisotopic (exact) mass is 480 g/mol. The molecule has 1 heterocycles. The number of amides is 4. The number of urea groups is 1. The third-order valence-electron chi connectivity index (χ3n) is 6.07. The van der Waals surface area contributed by atoms with Crippen molar-refractivity contribution in [2.75, 3.05) is 26.2 Å². The molecule has 0 saturated carbocycles. The molecule has 1 fully saturated rings. The summed E-state index contributed by atoms with van der Waals surface area (Å²) in [5, 5.41) is 5.66. The van der Waals surface area contributed by atoms with Crippen molar-refractivity contribution in [1.82, 2.24) is 20.4 Å². The summed E-state index contributed by atoms with van der Waals surface area (Å²) < 4.78 is 5.70. The maximum Gasteiger partial charge on any atom is 0.315 e. The molecule has 2 aromatic rings. The quantitative estimate of drug-likeness (QED) is 0.606. The number of morpholine rings is 1. The van der Waals surface area contributed by atoms with Gasteiger partial charge in [-0.05, 0) is 63.1 Å². The van der Waals surface area contributed by atoms with Crippen LogP contribution in [0.1, 0.15) is 59.5 Å². The number of ether oxygens (including phenoxy) is 1. The van der Waals surface area contributed by atoms with E-state index >= 15 is 0 Å². The Kier molecular flexibility index (Phi) is 9.25. The lowest BCUT2D eigenvalue weighted by atomic mass is 10.1. The standard InChI is InChI=1S/C27H36N4O4/c1-5-30(6-2)25(32)23-11-7-21(8-12-23)15-28-27(34)29-16-22-9-13-24(14-10-22)26(33)31-17-19(3)35-20(4)18-31/h7-14,19-20H,5-6,15-18H2,1-4H3,(H2,28,29,34). The number of carbonyl (C=O) groups is 3. The summed E-state index contributed by atoms with van der Waals surface area (Å²) >= 11 is 0. The van der Waals surface area contributed by atoms with Gasteiger partial charge in [0.1, 0.15) is 0 Å². The number of rotatable bonds is 8. The van der Waals surface area contributed by atoms with Crippen LogP contribution in [0.25, 0.3) is 0 Å². The van der Waals surface area contributed by atoms with Gasteiger partial charge in [-0.1, -0.05) is 24.3 Å². The Labute approximate surface area is 207 Å².